The van der Waals surface area contributed by atoms with Gasteiger partial charge in [-0.15, -0.1) is 0 Å². The fraction of sp³-hybridized carbons (Fsp3) is 0.158. The minimum absolute atomic E-state index is 0.138. The van der Waals surface area contributed by atoms with Gasteiger partial charge in [-0.25, -0.2) is 4.98 Å². The van der Waals surface area contributed by atoms with Crippen LogP contribution < -0.4 is 10.6 Å². The lowest BCUT2D eigenvalue weighted by atomic mass is 10.1. The Morgan fingerprint density at radius 2 is 1.69 bits per heavy atom. The molecular weight excluding hydrogens is 330 g/mol. The number of aromatic amines is 1. The standard InChI is InChI=1S/C19H19N5O2/c1-13-21-18(24-23-13)17(14-8-4-2-5-9-14)22-16(25)12-20-19(26)15-10-6-3-7-11-15/h2-11,17H,12H2,1H3,(H,20,26)(H,22,25)(H,21,23,24)/t17-/m0/s1. The molecule has 0 aliphatic heterocycles. The molecule has 26 heavy (non-hydrogen) atoms. The van der Waals surface area contributed by atoms with E-state index >= 15 is 0 Å². The van der Waals surface area contributed by atoms with Crippen LogP contribution in [-0.2, 0) is 4.79 Å². The number of carbonyl (C=O) groups is 2. The number of hydrogen-bond acceptors (Lipinski definition) is 4. The predicted octanol–water partition coefficient (Wildman–Crippen LogP) is 1.75. The predicted molar refractivity (Wildman–Crippen MR) is 96.3 cm³/mol. The van der Waals surface area contributed by atoms with Crippen LogP contribution >= 0.6 is 0 Å². The molecule has 1 heterocycles. The lowest BCUT2D eigenvalue weighted by molar-refractivity contribution is -0.120. The highest BCUT2D eigenvalue weighted by molar-refractivity contribution is 5.96. The molecule has 132 valence electrons. The highest BCUT2D eigenvalue weighted by atomic mass is 16.2. The molecule has 7 nitrogen and oxygen atoms in total. The quantitative estimate of drug-likeness (QED) is 0.631. The van der Waals surface area contributed by atoms with Gasteiger partial charge in [-0.3, -0.25) is 14.7 Å². The smallest absolute Gasteiger partial charge is 0.251 e. The summed E-state index contributed by atoms with van der Waals surface area (Å²) in [5, 5.41) is 12.4. The topological polar surface area (TPSA) is 99.8 Å². The van der Waals surface area contributed by atoms with Crippen molar-refractivity contribution in [3.05, 3.63) is 83.4 Å². The molecule has 0 radical (unpaired) electrons. The average Bonchev–Trinajstić information content (AvgIpc) is 3.11. The summed E-state index contributed by atoms with van der Waals surface area (Å²) >= 11 is 0. The summed E-state index contributed by atoms with van der Waals surface area (Å²) in [5.41, 5.74) is 1.36. The Bertz CT molecular complexity index is 877. The van der Waals surface area contributed by atoms with Crippen molar-refractivity contribution < 1.29 is 9.59 Å². The summed E-state index contributed by atoms with van der Waals surface area (Å²) in [6.07, 6.45) is 0. The second-order valence-corrected chi connectivity index (χ2v) is 5.74. The second kappa shape index (κ2) is 8.06. The molecular formula is C19H19N5O2. The summed E-state index contributed by atoms with van der Waals surface area (Å²) in [4.78, 5) is 28.7. The van der Waals surface area contributed by atoms with Gasteiger partial charge in [0.2, 0.25) is 5.91 Å². The molecule has 0 saturated carbocycles. The highest BCUT2D eigenvalue weighted by Crippen LogP contribution is 2.18. The minimum atomic E-state index is -0.498. The van der Waals surface area contributed by atoms with Gasteiger partial charge in [0.25, 0.3) is 5.91 Å². The van der Waals surface area contributed by atoms with Gasteiger partial charge in [0.1, 0.15) is 11.9 Å². The molecule has 1 atom stereocenters. The molecule has 3 rings (SSSR count). The van der Waals surface area contributed by atoms with E-state index in [1.807, 2.05) is 36.4 Å². The fourth-order valence-electron chi connectivity index (χ4n) is 2.50. The monoisotopic (exact) mass is 349 g/mol. The molecule has 1 aromatic heterocycles. The first-order valence-corrected chi connectivity index (χ1v) is 8.20. The van der Waals surface area contributed by atoms with E-state index < -0.39 is 6.04 Å². The largest absolute Gasteiger partial charge is 0.343 e. The van der Waals surface area contributed by atoms with Crippen molar-refractivity contribution in [3.63, 3.8) is 0 Å². The number of hydrogen-bond donors (Lipinski definition) is 3. The number of H-pyrrole nitrogens is 1. The SMILES string of the molecule is Cc1nc([C@@H](NC(=O)CNC(=O)c2ccccc2)c2ccccc2)n[nH]1. The van der Waals surface area contributed by atoms with Crippen LogP contribution in [0.1, 0.15) is 33.6 Å². The zero-order chi connectivity index (χ0) is 18.4. The normalized spacial score (nSPS) is 11.6. The Morgan fingerprint density at radius 1 is 1.04 bits per heavy atom. The van der Waals surface area contributed by atoms with Crippen LogP contribution in [0.15, 0.2) is 60.7 Å². The van der Waals surface area contributed by atoms with Gasteiger partial charge < -0.3 is 10.6 Å². The van der Waals surface area contributed by atoms with E-state index in [4.69, 9.17) is 0 Å². The fourth-order valence-corrected chi connectivity index (χ4v) is 2.50. The van der Waals surface area contributed by atoms with Gasteiger partial charge in [0.05, 0.1) is 6.54 Å². The maximum absolute atomic E-state index is 12.4. The number of benzene rings is 2. The molecule has 7 heteroatoms. The van der Waals surface area contributed by atoms with Crippen molar-refractivity contribution in [2.45, 2.75) is 13.0 Å². The van der Waals surface area contributed by atoms with Crippen molar-refractivity contribution in [2.24, 2.45) is 0 Å². The number of aryl methyl sites for hydroxylation is 1. The van der Waals surface area contributed by atoms with Crippen molar-refractivity contribution in [2.75, 3.05) is 6.54 Å². The summed E-state index contributed by atoms with van der Waals surface area (Å²) in [6.45, 7) is 1.65. The van der Waals surface area contributed by atoms with E-state index in [0.29, 0.717) is 17.2 Å². The molecule has 0 spiro atoms. The van der Waals surface area contributed by atoms with Gasteiger partial charge in [-0.05, 0) is 24.6 Å². The summed E-state index contributed by atoms with van der Waals surface area (Å²) < 4.78 is 0. The third-order valence-electron chi connectivity index (χ3n) is 3.76. The average molecular weight is 349 g/mol. The molecule has 0 aliphatic carbocycles. The molecule has 2 aromatic carbocycles. The maximum atomic E-state index is 12.4. The van der Waals surface area contributed by atoms with Crippen LogP contribution in [0.4, 0.5) is 0 Å². The Labute approximate surface area is 150 Å². The summed E-state index contributed by atoms with van der Waals surface area (Å²) in [6, 6.07) is 17.7. The van der Waals surface area contributed by atoms with E-state index in [0.717, 1.165) is 5.56 Å². The minimum Gasteiger partial charge on any atom is -0.343 e. The van der Waals surface area contributed by atoms with Crippen LogP contribution in [0.2, 0.25) is 0 Å². The number of nitrogens with one attached hydrogen (secondary N) is 3. The third-order valence-corrected chi connectivity index (χ3v) is 3.76. The van der Waals surface area contributed by atoms with Crippen LogP contribution in [-0.4, -0.2) is 33.5 Å². The maximum Gasteiger partial charge on any atom is 0.251 e. The van der Waals surface area contributed by atoms with Gasteiger partial charge >= 0.3 is 0 Å². The number of nitrogens with zero attached hydrogens (tertiary/aromatic N) is 2. The van der Waals surface area contributed by atoms with Gasteiger partial charge in [-0.2, -0.15) is 5.10 Å². The lowest BCUT2D eigenvalue weighted by Crippen LogP contribution is -2.39. The molecule has 0 fully saturated rings. The Kier molecular flexibility index (Phi) is 5.38. The van der Waals surface area contributed by atoms with Crippen LogP contribution in [0.5, 0.6) is 0 Å². The first-order valence-electron chi connectivity index (χ1n) is 8.20. The van der Waals surface area contributed by atoms with Crippen molar-refractivity contribution in [1.29, 1.82) is 0 Å². The first kappa shape index (κ1) is 17.3. The van der Waals surface area contributed by atoms with E-state index in [1.165, 1.54) is 0 Å². The number of aromatic nitrogens is 3. The van der Waals surface area contributed by atoms with Crippen LogP contribution in [0.25, 0.3) is 0 Å². The lowest BCUT2D eigenvalue weighted by Gasteiger charge is -2.16. The molecule has 0 aliphatic rings. The second-order valence-electron chi connectivity index (χ2n) is 5.74. The Balaban J connectivity index is 1.67. The first-order chi connectivity index (χ1) is 12.6. The molecule has 0 bridgehead atoms. The number of carbonyl (C=O) groups excluding carboxylic acids is 2. The highest BCUT2D eigenvalue weighted by Gasteiger charge is 2.21. The van der Waals surface area contributed by atoms with Gasteiger partial charge in [0.15, 0.2) is 5.82 Å². The van der Waals surface area contributed by atoms with E-state index in [2.05, 4.69) is 25.8 Å². The summed E-state index contributed by atoms with van der Waals surface area (Å²) in [7, 11) is 0. The Hall–Kier alpha value is -3.48. The zero-order valence-electron chi connectivity index (χ0n) is 14.3. The van der Waals surface area contributed by atoms with Crippen LogP contribution in [0.3, 0.4) is 0 Å². The van der Waals surface area contributed by atoms with Crippen molar-refractivity contribution >= 4 is 11.8 Å². The number of rotatable bonds is 6. The van der Waals surface area contributed by atoms with E-state index in [-0.39, 0.29) is 18.4 Å². The number of amides is 2. The molecule has 3 aromatic rings. The van der Waals surface area contributed by atoms with Crippen LogP contribution in [0, 0.1) is 6.92 Å². The molecule has 2 amide bonds. The van der Waals surface area contributed by atoms with E-state index in [1.54, 1.807) is 31.2 Å². The summed E-state index contributed by atoms with van der Waals surface area (Å²) in [5.74, 6) is 0.500. The van der Waals surface area contributed by atoms with Crippen molar-refractivity contribution in [3.8, 4) is 0 Å². The van der Waals surface area contributed by atoms with Gasteiger partial charge in [-0.1, -0.05) is 48.5 Å². The zero-order valence-corrected chi connectivity index (χ0v) is 14.3. The molecule has 0 saturated heterocycles. The third kappa shape index (κ3) is 4.32. The van der Waals surface area contributed by atoms with E-state index in [9.17, 15) is 9.59 Å². The molecule has 3 N–H and O–H groups in total. The van der Waals surface area contributed by atoms with Crippen molar-refractivity contribution in [1.82, 2.24) is 25.8 Å². The molecule has 0 unspecified atom stereocenters. The Morgan fingerprint density at radius 3 is 2.31 bits per heavy atom. The van der Waals surface area contributed by atoms with Gasteiger partial charge in [0, 0.05) is 5.56 Å².